The fourth-order valence-electron chi connectivity index (χ4n) is 1.48. The number of sulfone groups is 1. The largest absolute Gasteiger partial charge is 0.478 e. The lowest BCUT2D eigenvalue weighted by molar-refractivity contribution is 0.0698. The topological polar surface area (TPSA) is 113 Å². The molecule has 0 saturated heterocycles. The SMILES string of the molecule is CCS(=O)(=O)CCNC(=O)Nc1cccc(Cl)c1C(=O)O. The molecule has 1 aromatic rings. The molecule has 1 aromatic carbocycles. The normalized spacial score (nSPS) is 11.0. The standard InChI is InChI=1S/C12H15ClN2O5S/c1-2-21(19,20)7-6-14-12(18)15-9-5-3-4-8(13)10(9)11(16)17/h3-5H,2,6-7H2,1H3,(H,16,17)(H2,14,15,18). The summed E-state index contributed by atoms with van der Waals surface area (Å²) in [4.78, 5) is 22.7. The van der Waals surface area contributed by atoms with Crippen LogP contribution in [0.25, 0.3) is 0 Å². The number of hydrogen-bond donors (Lipinski definition) is 3. The summed E-state index contributed by atoms with van der Waals surface area (Å²) in [5.41, 5.74) is -0.193. The first-order valence-corrected chi connectivity index (χ1v) is 8.24. The number of halogens is 1. The average Bonchev–Trinajstić information content (AvgIpc) is 2.38. The Labute approximate surface area is 127 Å². The Morgan fingerprint density at radius 3 is 2.57 bits per heavy atom. The van der Waals surface area contributed by atoms with Gasteiger partial charge in [0.05, 0.1) is 16.5 Å². The maximum Gasteiger partial charge on any atom is 0.339 e. The molecule has 0 heterocycles. The number of nitrogens with one attached hydrogen (secondary N) is 2. The summed E-state index contributed by atoms with van der Waals surface area (Å²) >= 11 is 5.76. The van der Waals surface area contributed by atoms with Crippen molar-refractivity contribution in [2.45, 2.75) is 6.92 Å². The van der Waals surface area contributed by atoms with E-state index in [1.807, 2.05) is 0 Å². The average molecular weight is 335 g/mol. The Kier molecular flexibility index (Phi) is 5.98. The molecule has 9 heteroatoms. The van der Waals surface area contributed by atoms with Crippen LogP contribution in [0.15, 0.2) is 18.2 Å². The minimum Gasteiger partial charge on any atom is -0.478 e. The Morgan fingerprint density at radius 2 is 2.00 bits per heavy atom. The molecule has 0 spiro atoms. The van der Waals surface area contributed by atoms with E-state index in [-0.39, 0.29) is 34.3 Å². The van der Waals surface area contributed by atoms with Crippen LogP contribution in [-0.2, 0) is 9.84 Å². The van der Waals surface area contributed by atoms with Crippen LogP contribution in [0.3, 0.4) is 0 Å². The summed E-state index contributed by atoms with van der Waals surface area (Å²) < 4.78 is 22.5. The summed E-state index contributed by atoms with van der Waals surface area (Å²) in [5, 5.41) is 13.7. The lowest BCUT2D eigenvalue weighted by Crippen LogP contribution is -2.33. The zero-order chi connectivity index (χ0) is 16.0. The molecule has 0 atom stereocenters. The smallest absolute Gasteiger partial charge is 0.339 e. The van der Waals surface area contributed by atoms with Crippen molar-refractivity contribution in [3.63, 3.8) is 0 Å². The molecule has 2 amide bonds. The van der Waals surface area contributed by atoms with E-state index in [2.05, 4.69) is 10.6 Å². The molecule has 7 nitrogen and oxygen atoms in total. The van der Waals surface area contributed by atoms with Gasteiger partial charge >= 0.3 is 12.0 Å². The first-order chi connectivity index (χ1) is 9.76. The number of carboxylic acid groups (broad SMARTS) is 1. The predicted octanol–water partition coefficient (Wildman–Crippen LogP) is 1.59. The Balaban J connectivity index is 2.68. The molecule has 0 aliphatic carbocycles. The molecule has 0 aliphatic rings. The number of amides is 2. The van der Waals surface area contributed by atoms with Crippen molar-refractivity contribution in [3.05, 3.63) is 28.8 Å². The van der Waals surface area contributed by atoms with Crippen LogP contribution < -0.4 is 10.6 Å². The van der Waals surface area contributed by atoms with Crippen molar-refractivity contribution in [1.29, 1.82) is 0 Å². The van der Waals surface area contributed by atoms with Gasteiger partial charge in [-0.15, -0.1) is 0 Å². The zero-order valence-electron chi connectivity index (χ0n) is 11.2. The second-order valence-corrected chi connectivity index (χ2v) is 6.96. The Bertz CT molecular complexity index is 645. The molecule has 1 rings (SSSR count). The van der Waals surface area contributed by atoms with Crippen LogP contribution in [0.2, 0.25) is 5.02 Å². The summed E-state index contributed by atoms with van der Waals surface area (Å²) in [6.07, 6.45) is 0. The molecule has 21 heavy (non-hydrogen) atoms. The zero-order valence-corrected chi connectivity index (χ0v) is 12.8. The van der Waals surface area contributed by atoms with Crippen LogP contribution in [-0.4, -0.2) is 43.6 Å². The number of hydrogen-bond acceptors (Lipinski definition) is 4. The van der Waals surface area contributed by atoms with Crippen LogP contribution >= 0.6 is 11.6 Å². The van der Waals surface area contributed by atoms with Gasteiger partial charge in [0.2, 0.25) is 0 Å². The Hall–Kier alpha value is -1.80. The van der Waals surface area contributed by atoms with Gasteiger partial charge in [-0.05, 0) is 12.1 Å². The number of rotatable bonds is 6. The maximum atomic E-state index is 11.6. The second-order valence-electron chi connectivity index (χ2n) is 4.08. The summed E-state index contributed by atoms with van der Waals surface area (Å²) in [6, 6.07) is 3.57. The number of benzene rings is 1. The highest BCUT2D eigenvalue weighted by atomic mass is 35.5. The summed E-state index contributed by atoms with van der Waals surface area (Å²) in [5.74, 6) is -1.46. The van der Waals surface area contributed by atoms with Gasteiger partial charge in [-0.1, -0.05) is 24.6 Å². The highest BCUT2D eigenvalue weighted by Crippen LogP contribution is 2.24. The van der Waals surface area contributed by atoms with E-state index in [4.69, 9.17) is 16.7 Å². The molecule has 0 fully saturated rings. The van der Waals surface area contributed by atoms with Gasteiger partial charge in [0.15, 0.2) is 9.84 Å². The lowest BCUT2D eigenvalue weighted by atomic mass is 10.2. The predicted molar refractivity (Wildman–Crippen MR) is 79.8 cm³/mol. The van der Waals surface area contributed by atoms with Crippen LogP contribution in [0, 0.1) is 0 Å². The van der Waals surface area contributed by atoms with E-state index in [0.29, 0.717) is 0 Å². The van der Waals surface area contributed by atoms with Crippen LogP contribution in [0.5, 0.6) is 0 Å². The molecule has 3 N–H and O–H groups in total. The molecule has 0 radical (unpaired) electrons. The van der Waals surface area contributed by atoms with Gasteiger partial charge < -0.3 is 15.7 Å². The minimum atomic E-state index is -3.17. The van der Waals surface area contributed by atoms with Crippen molar-refractivity contribution in [1.82, 2.24) is 5.32 Å². The van der Waals surface area contributed by atoms with Crippen molar-refractivity contribution in [2.24, 2.45) is 0 Å². The summed E-state index contributed by atoms with van der Waals surface area (Å²) in [6.45, 7) is 1.45. The van der Waals surface area contributed by atoms with Gasteiger partial charge in [0.1, 0.15) is 5.56 Å². The number of urea groups is 1. The van der Waals surface area contributed by atoms with Crippen molar-refractivity contribution in [2.75, 3.05) is 23.4 Å². The first-order valence-electron chi connectivity index (χ1n) is 6.04. The molecular formula is C12H15ClN2O5S. The molecule has 0 bridgehead atoms. The van der Waals surface area contributed by atoms with E-state index >= 15 is 0 Å². The van der Waals surface area contributed by atoms with Gasteiger partial charge in [-0.2, -0.15) is 0 Å². The van der Waals surface area contributed by atoms with Gasteiger partial charge in [0, 0.05) is 12.3 Å². The first kappa shape index (κ1) is 17.3. The fourth-order valence-corrected chi connectivity index (χ4v) is 2.43. The third kappa shape index (κ3) is 5.24. The third-order valence-corrected chi connectivity index (χ3v) is 4.63. The van der Waals surface area contributed by atoms with E-state index < -0.39 is 21.8 Å². The van der Waals surface area contributed by atoms with Crippen molar-refractivity contribution >= 4 is 39.1 Å². The maximum absolute atomic E-state index is 11.6. The van der Waals surface area contributed by atoms with Gasteiger partial charge in [0.25, 0.3) is 0 Å². The van der Waals surface area contributed by atoms with Crippen LogP contribution in [0.1, 0.15) is 17.3 Å². The number of carboxylic acids is 1. The highest BCUT2D eigenvalue weighted by molar-refractivity contribution is 7.91. The molecule has 116 valence electrons. The second kappa shape index (κ2) is 7.28. The van der Waals surface area contributed by atoms with Gasteiger partial charge in [-0.3, -0.25) is 0 Å². The third-order valence-electron chi connectivity index (χ3n) is 2.61. The quantitative estimate of drug-likeness (QED) is 0.731. The van der Waals surface area contributed by atoms with Crippen molar-refractivity contribution < 1.29 is 23.1 Å². The monoisotopic (exact) mass is 334 g/mol. The number of aromatic carboxylic acids is 1. The molecular weight excluding hydrogens is 320 g/mol. The lowest BCUT2D eigenvalue weighted by Gasteiger charge is -2.10. The minimum absolute atomic E-state index is 0.00568. The molecule has 0 aliphatic heterocycles. The van der Waals surface area contributed by atoms with E-state index in [0.717, 1.165) is 0 Å². The molecule has 0 saturated carbocycles. The number of anilines is 1. The van der Waals surface area contributed by atoms with Crippen LogP contribution in [0.4, 0.5) is 10.5 Å². The molecule has 0 unspecified atom stereocenters. The molecule has 0 aromatic heterocycles. The van der Waals surface area contributed by atoms with Gasteiger partial charge in [-0.25, -0.2) is 18.0 Å². The van der Waals surface area contributed by atoms with E-state index in [9.17, 15) is 18.0 Å². The Morgan fingerprint density at radius 1 is 1.33 bits per heavy atom. The number of carbonyl (C=O) groups is 2. The summed E-state index contributed by atoms with van der Waals surface area (Å²) in [7, 11) is -3.17. The van der Waals surface area contributed by atoms with E-state index in [1.165, 1.54) is 25.1 Å². The van der Waals surface area contributed by atoms with Crippen molar-refractivity contribution in [3.8, 4) is 0 Å². The highest BCUT2D eigenvalue weighted by Gasteiger charge is 2.16. The number of carbonyl (C=O) groups excluding carboxylic acids is 1. The van der Waals surface area contributed by atoms with E-state index in [1.54, 1.807) is 0 Å². The fraction of sp³-hybridized carbons (Fsp3) is 0.333.